The first-order valence-corrected chi connectivity index (χ1v) is 7.71. The maximum atomic E-state index is 11.8. The van der Waals surface area contributed by atoms with Gasteiger partial charge in [-0.1, -0.05) is 60.5 Å². The van der Waals surface area contributed by atoms with Gasteiger partial charge in [0.2, 0.25) is 0 Å². The van der Waals surface area contributed by atoms with Crippen molar-refractivity contribution in [2.45, 2.75) is 12.8 Å². The van der Waals surface area contributed by atoms with Gasteiger partial charge in [-0.25, -0.2) is 0 Å². The zero-order valence-corrected chi connectivity index (χ0v) is 13.7. The molecule has 2 aromatic rings. The van der Waals surface area contributed by atoms with Crippen molar-refractivity contribution in [1.82, 2.24) is 5.32 Å². The quantitative estimate of drug-likeness (QED) is 0.853. The molecule has 0 saturated heterocycles. The number of rotatable bonds is 6. The highest BCUT2D eigenvalue weighted by molar-refractivity contribution is 6.35. The fourth-order valence-electron chi connectivity index (χ4n) is 1.95. The lowest BCUT2D eigenvalue weighted by Crippen LogP contribution is -2.31. The normalized spacial score (nSPS) is 11.8. The maximum absolute atomic E-state index is 11.8. The van der Waals surface area contributed by atoms with Crippen molar-refractivity contribution in [2.75, 3.05) is 13.2 Å². The first kappa shape index (κ1) is 16.7. The van der Waals surface area contributed by atoms with Gasteiger partial charge in [0, 0.05) is 11.6 Å². The monoisotopic (exact) mass is 337 g/mol. The predicted molar refractivity (Wildman–Crippen MR) is 89.8 cm³/mol. The number of halogens is 2. The van der Waals surface area contributed by atoms with Gasteiger partial charge in [-0.2, -0.15) is 0 Å². The van der Waals surface area contributed by atoms with Gasteiger partial charge < -0.3 is 10.1 Å². The molecule has 0 spiro atoms. The highest BCUT2D eigenvalue weighted by Crippen LogP contribution is 2.27. The molecule has 1 unspecified atom stereocenters. The Morgan fingerprint density at radius 2 is 1.91 bits per heavy atom. The van der Waals surface area contributed by atoms with Gasteiger partial charge in [0.05, 0.1) is 5.02 Å². The fourth-order valence-corrected chi connectivity index (χ4v) is 2.42. The van der Waals surface area contributed by atoms with Crippen LogP contribution >= 0.6 is 23.2 Å². The third-order valence-electron chi connectivity index (χ3n) is 3.23. The highest BCUT2D eigenvalue weighted by atomic mass is 35.5. The third kappa shape index (κ3) is 4.93. The summed E-state index contributed by atoms with van der Waals surface area (Å²) < 4.78 is 5.39. The molecule has 0 aromatic heterocycles. The molecule has 116 valence electrons. The van der Waals surface area contributed by atoms with Crippen molar-refractivity contribution in [2.24, 2.45) is 0 Å². The second kappa shape index (κ2) is 8.06. The van der Waals surface area contributed by atoms with E-state index in [1.165, 1.54) is 5.56 Å². The third-order valence-corrected chi connectivity index (χ3v) is 3.76. The van der Waals surface area contributed by atoms with E-state index in [0.717, 1.165) is 0 Å². The van der Waals surface area contributed by atoms with E-state index < -0.39 is 0 Å². The zero-order valence-electron chi connectivity index (χ0n) is 12.2. The Labute approximate surface area is 140 Å². The van der Waals surface area contributed by atoms with Gasteiger partial charge in [-0.15, -0.1) is 0 Å². The van der Waals surface area contributed by atoms with Crippen LogP contribution in [0.1, 0.15) is 18.4 Å². The van der Waals surface area contributed by atoms with Crippen molar-refractivity contribution >= 4 is 29.1 Å². The smallest absolute Gasteiger partial charge is 0.257 e. The Bertz CT molecular complexity index is 632. The SMILES string of the molecule is CC(CNC(=O)COc1ccc(Cl)cc1Cl)c1ccccc1. The molecule has 1 N–H and O–H groups in total. The largest absolute Gasteiger partial charge is 0.482 e. The molecule has 0 aliphatic carbocycles. The van der Waals surface area contributed by atoms with E-state index in [-0.39, 0.29) is 18.4 Å². The van der Waals surface area contributed by atoms with E-state index in [1.807, 2.05) is 30.3 Å². The van der Waals surface area contributed by atoms with Crippen LogP contribution in [0.5, 0.6) is 5.75 Å². The minimum absolute atomic E-state index is 0.0805. The zero-order chi connectivity index (χ0) is 15.9. The Kier molecular flexibility index (Phi) is 6.10. The first-order chi connectivity index (χ1) is 10.6. The number of carbonyl (C=O) groups is 1. The number of nitrogens with one attached hydrogen (secondary N) is 1. The molecule has 3 nitrogen and oxygen atoms in total. The van der Waals surface area contributed by atoms with Crippen LogP contribution < -0.4 is 10.1 Å². The molecule has 22 heavy (non-hydrogen) atoms. The Balaban J connectivity index is 1.78. The molecule has 0 radical (unpaired) electrons. The van der Waals surface area contributed by atoms with Gasteiger partial charge in [0.25, 0.3) is 5.91 Å². The Morgan fingerprint density at radius 3 is 2.59 bits per heavy atom. The van der Waals surface area contributed by atoms with Crippen LogP contribution in [0, 0.1) is 0 Å². The number of carbonyl (C=O) groups excluding carboxylic acids is 1. The maximum Gasteiger partial charge on any atom is 0.257 e. The first-order valence-electron chi connectivity index (χ1n) is 6.95. The van der Waals surface area contributed by atoms with Crippen molar-refractivity contribution < 1.29 is 9.53 Å². The molecular weight excluding hydrogens is 321 g/mol. The topological polar surface area (TPSA) is 38.3 Å². The lowest BCUT2D eigenvalue weighted by molar-refractivity contribution is -0.123. The summed E-state index contributed by atoms with van der Waals surface area (Å²) in [7, 11) is 0. The number of hydrogen-bond donors (Lipinski definition) is 1. The van der Waals surface area contributed by atoms with Crippen LogP contribution in [0.3, 0.4) is 0 Å². The Morgan fingerprint density at radius 1 is 1.18 bits per heavy atom. The molecule has 0 fully saturated rings. The molecule has 2 aromatic carbocycles. The van der Waals surface area contributed by atoms with Crippen LogP contribution in [0.4, 0.5) is 0 Å². The molecule has 5 heteroatoms. The Hall–Kier alpha value is -1.71. The summed E-state index contributed by atoms with van der Waals surface area (Å²) in [6.07, 6.45) is 0. The summed E-state index contributed by atoms with van der Waals surface area (Å²) in [5, 5.41) is 3.76. The highest BCUT2D eigenvalue weighted by Gasteiger charge is 2.09. The van der Waals surface area contributed by atoms with E-state index in [0.29, 0.717) is 22.3 Å². The van der Waals surface area contributed by atoms with E-state index in [9.17, 15) is 4.79 Å². The van der Waals surface area contributed by atoms with Gasteiger partial charge in [-0.05, 0) is 29.7 Å². The van der Waals surface area contributed by atoms with Gasteiger partial charge in [-0.3, -0.25) is 4.79 Å². The van der Waals surface area contributed by atoms with Crippen LogP contribution in [0.15, 0.2) is 48.5 Å². The lowest BCUT2D eigenvalue weighted by Gasteiger charge is -2.13. The predicted octanol–water partition coefficient (Wildman–Crippen LogP) is 4.29. The lowest BCUT2D eigenvalue weighted by atomic mass is 10.0. The summed E-state index contributed by atoms with van der Waals surface area (Å²) in [6.45, 7) is 2.54. The van der Waals surface area contributed by atoms with Crippen LogP contribution in [-0.2, 0) is 4.79 Å². The van der Waals surface area contributed by atoms with E-state index in [4.69, 9.17) is 27.9 Å². The summed E-state index contributed by atoms with van der Waals surface area (Å²) in [6, 6.07) is 14.9. The van der Waals surface area contributed by atoms with E-state index >= 15 is 0 Å². The van der Waals surface area contributed by atoms with Crippen LogP contribution in [0.2, 0.25) is 10.0 Å². The van der Waals surface area contributed by atoms with Crippen molar-refractivity contribution in [3.05, 3.63) is 64.1 Å². The molecule has 0 aliphatic heterocycles. The molecule has 0 heterocycles. The number of benzene rings is 2. The summed E-state index contributed by atoms with van der Waals surface area (Å²) >= 11 is 11.8. The average Bonchev–Trinajstić information content (AvgIpc) is 2.52. The molecule has 0 aliphatic rings. The molecule has 2 rings (SSSR count). The van der Waals surface area contributed by atoms with Crippen molar-refractivity contribution in [3.63, 3.8) is 0 Å². The minimum atomic E-state index is -0.186. The van der Waals surface area contributed by atoms with E-state index in [1.54, 1.807) is 18.2 Å². The fraction of sp³-hybridized carbons (Fsp3) is 0.235. The second-order valence-corrected chi connectivity index (χ2v) is 5.82. The molecule has 1 atom stereocenters. The molecule has 0 saturated carbocycles. The van der Waals surface area contributed by atoms with Gasteiger partial charge in [0.15, 0.2) is 6.61 Å². The minimum Gasteiger partial charge on any atom is -0.482 e. The summed E-state index contributed by atoms with van der Waals surface area (Å²) in [5.74, 6) is 0.496. The number of amides is 1. The van der Waals surface area contributed by atoms with Crippen LogP contribution in [0.25, 0.3) is 0 Å². The van der Waals surface area contributed by atoms with Crippen molar-refractivity contribution in [3.8, 4) is 5.75 Å². The van der Waals surface area contributed by atoms with Gasteiger partial charge in [0.1, 0.15) is 5.75 Å². The van der Waals surface area contributed by atoms with Crippen LogP contribution in [-0.4, -0.2) is 19.1 Å². The molecule has 1 amide bonds. The van der Waals surface area contributed by atoms with Gasteiger partial charge >= 0.3 is 0 Å². The number of hydrogen-bond acceptors (Lipinski definition) is 2. The molecule has 0 bridgehead atoms. The standard InChI is InChI=1S/C17H17Cl2NO2/c1-12(13-5-3-2-4-6-13)10-20-17(21)11-22-16-8-7-14(18)9-15(16)19/h2-9,12H,10-11H2,1H3,(H,20,21). The number of ether oxygens (including phenoxy) is 1. The summed E-state index contributed by atoms with van der Waals surface area (Å²) in [5.41, 5.74) is 1.18. The van der Waals surface area contributed by atoms with Crippen molar-refractivity contribution in [1.29, 1.82) is 0 Å². The van der Waals surface area contributed by atoms with E-state index in [2.05, 4.69) is 12.2 Å². The second-order valence-electron chi connectivity index (χ2n) is 4.98. The average molecular weight is 338 g/mol. The molecular formula is C17H17Cl2NO2. The summed E-state index contributed by atoms with van der Waals surface area (Å²) in [4.78, 5) is 11.8.